The SMILES string of the molecule is CC(NNC(=O)C(Cc1ccccc1)NC(=O)OC(C)(C)C)C(C)C(=O)OCC(=O)[C@]12OC[C@@]13C[C@H](O)[C@@]1(F)[C@@H](CCC4=CC(=O)C=C[C@@]41C)[C@@H]3C[C@H]2C. The molecule has 0 bridgehead atoms. The molecule has 4 N–H and O–H groups in total. The van der Waals surface area contributed by atoms with E-state index in [1.807, 2.05) is 37.3 Å². The number of hydrogen-bond acceptors (Lipinski definition) is 10. The number of aliphatic hydroxyl groups is 1. The summed E-state index contributed by atoms with van der Waals surface area (Å²) in [6, 6.07) is 7.53. The van der Waals surface area contributed by atoms with Crippen LogP contribution >= 0.6 is 0 Å². The number of alkyl halides is 1. The van der Waals surface area contributed by atoms with Crippen molar-refractivity contribution in [2.24, 2.45) is 34.5 Å². The Morgan fingerprint density at radius 3 is 2.46 bits per heavy atom. The van der Waals surface area contributed by atoms with E-state index >= 15 is 4.39 Å². The fourth-order valence-corrected chi connectivity index (χ4v) is 10.1. The highest BCUT2D eigenvalue weighted by Gasteiger charge is 2.81. The third-order valence-electron chi connectivity index (χ3n) is 13.1. The molecule has 1 aromatic carbocycles. The Bertz CT molecular complexity index is 1740. The summed E-state index contributed by atoms with van der Waals surface area (Å²) in [5.74, 6) is -3.76. The van der Waals surface area contributed by atoms with E-state index in [4.69, 9.17) is 14.2 Å². The standard InChI is InChI=1S/C41H54FN3O9/c1-23-17-30-29-14-13-27-19-28(46)15-16-38(27,7)40(29,42)32(47)20-39(30)22-53-41(23,39)33(48)21-52-35(50)24(2)25(3)44-45-34(49)31(18-26-11-9-8-10-12-26)43-36(51)54-37(4,5)6/h8-12,15-16,19,23-25,29-32,44,47H,13-14,17-18,20-22H2,1-7H3,(H,43,51)(H,45,49)/t23-,24?,25?,29+,30+,31?,32+,38+,39-,40+,41+/m1/s1. The molecular weight excluding hydrogens is 697 g/mol. The number of nitrogens with one attached hydrogen (secondary N) is 3. The number of alkyl carbamates (subject to hydrolysis) is 1. The monoisotopic (exact) mass is 751 g/mol. The molecule has 12 nitrogen and oxygen atoms in total. The van der Waals surface area contributed by atoms with E-state index in [1.165, 1.54) is 12.2 Å². The Balaban J connectivity index is 1.07. The van der Waals surface area contributed by atoms with Crippen LogP contribution in [0, 0.1) is 34.5 Å². The Labute approximate surface area is 316 Å². The van der Waals surface area contributed by atoms with Gasteiger partial charge in [-0.2, -0.15) is 0 Å². The number of ether oxygens (including phenoxy) is 3. The Morgan fingerprint density at radius 2 is 1.81 bits per heavy atom. The van der Waals surface area contributed by atoms with Crippen LogP contribution in [0.3, 0.4) is 0 Å². The second kappa shape index (κ2) is 14.3. The second-order valence-electron chi connectivity index (χ2n) is 17.3. The van der Waals surface area contributed by atoms with Crippen LogP contribution in [-0.2, 0) is 39.8 Å². The molecule has 1 heterocycles. The van der Waals surface area contributed by atoms with Crippen molar-refractivity contribution in [3.05, 3.63) is 59.7 Å². The molecule has 4 fully saturated rings. The molecule has 1 aliphatic heterocycles. The number of carbonyl (C=O) groups is 5. The average molecular weight is 752 g/mol. The van der Waals surface area contributed by atoms with Crippen molar-refractivity contribution < 1.29 is 47.7 Å². The van der Waals surface area contributed by atoms with Crippen LogP contribution in [0.15, 0.2) is 54.1 Å². The first-order chi connectivity index (χ1) is 25.3. The first-order valence-corrected chi connectivity index (χ1v) is 19.0. The highest BCUT2D eigenvalue weighted by Crippen LogP contribution is 2.74. The van der Waals surface area contributed by atoms with E-state index in [1.54, 1.807) is 47.6 Å². The zero-order valence-corrected chi connectivity index (χ0v) is 32.2. The summed E-state index contributed by atoms with van der Waals surface area (Å²) in [7, 11) is 0. The molecule has 3 unspecified atom stereocenters. The van der Waals surface area contributed by atoms with Gasteiger partial charge in [0.1, 0.15) is 17.2 Å². The summed E-state index contributed by atoms with van der Waals surface area (Å²) in [5, 5.41) is 14.3. The van der Waals surface area contributed by atoms with E-state index in [9.17, 15) is 29.1 Å². The molecule has 54 heavy (non-hydrogen) atoms. The summed E-state index contributed by atoms with van der Waals surface area (Å²) in [6.07, 6.45) is 4.03. The van der Waals surface area contributed by atoms with Gasteiger partial charge in [0.15, 0.2) is 18.1 Å². The summed E-state index contributed by atoms with van der Waals surface area (Å²) < 4.78 is 34.6. The molecule has 11 atom stereocenters. The van der Waals surface area contributed by atoms with Gasteiger partial charge in [-0.15, -0.1) is 0 Å². The van der Waals surface area contributed by atoms with Crippen molar-refractivity contribution in [3.8, 4) is 0 Å². The molecule has 13 heteroatoms. The Morgan fingerprint density at radius 1 is 1.11 bits per heavy atom. The van der Waals surface area contributed by atoms with Gasteiger partial charge in [-0.1, -0.05) is 55.8 Å². The van der Waals surface area contributed by atoms with Crippen molar-refractivity contribution in [1.29, 1.82) is 0 Å². The number of carbonyl (C=O) groups excluding carboxylic acids is 5. The first-order valence-electron chi connectivity index (χ1n) is 19.0. The number of rotatable bonds is 11. The van der Waals surface area contributed by atoms with E-state index in [2.05, 4.69) is 16.2 Å². The lowest BCUT2D eigenvalue weighted by atomic mass is 9.43. The number of allylic oxidation sites excluding steroid dienone is 4. The molecule has 294 valence electrons. The van der Waals surface area contributed by atoms with Crippen molar-refractivity contribution in [1.82, 2.24) is 16.2 Å². The highest BCUT2D eigenvalue weighted by atomic mass is 19.1. The van der Waals surface area contributed by atoms with Crippen LogP contribution in [-0.4, -0.2) is 82.9 Å². The lowest BCUT2D eigenvalue weighted by molar-refractivity contribution is -0.310. The van der Waals surface area contributed by atoms with Gasteiger partial charge in [-0.25, -0.2) is 14.6 Å². The van der Waals surface area contributed by atoms with E-state index < -0.39 is 88.1 Å². The number of halogens is 1. The number of benzene rings is 1. The largest absolute Gasteiger partial charge is 0.457 e. The van der Waals surface area contributed by atoms with Crippen LogP contribution in [0.2, 0.25) is 0 Å². The van der Waals surface area contributed by atoms with Gasteiger partial charge in [0.2, 0.25) is 5.78 Å². The van der Waals surface area contributed by atoms with Gasteiger partial charge in [0.05, 0.1) is 18.6 Å². The average Bonchev–Trinajstić information content (AvgIpc) is 3.26. The summed E-state index contributed by atoms with van der Waals surface area (Å²) in [4.78, 5) is 65.4. The minimum absolute atomic E-state index is 0.0183. The fraction of sp³-hybridized carbons (Fsp3) is 0.634. The van der Waals surface area contributed by atoms with Crippen molar-refractivity contribution in [2.75, 3.05) is 13.2 Å². The van der Waals surface area contributed by atoms with Crippen LogP contribution < -0.4 is 16.2 Å². The highest BCUT2D eigenvalue weighted by molar-refractivity contribution is 6.01. The molecule has 1 spiro atoms. The predicted molar refractivity (Wildman–Crippen MR) is 195 cm³/mol. The van der Waals surface area contributed by atoms with E-state index in [0.717, 1.165) is 5.56 Å². The normalized spacial score (nSPS) is 35.4. The summed E-state index contributed by atoms with van der Waals surface area (Å²) in [5.41, 5.74) is 0.860. The topological polar surface area (TPSA) is 169 Å². The number of esters is 1. The number of aliphatic hydroxyl groups excluding tert-OH is 1. The molecule has 0 radical (unpaired) electrons. The Kier molecular flexibility index (Phi) is 10.5. The van der Waals surface area contributed by atoms with Crippen molar-refractivity contribution in [2.45, 2.75) is 116 Å². The number of hydrazine groups is 1. The molecule has 6 rings (SSSR count). The van der Waals surface area contributed by atoms with Gasteiger partial charge in [0.25, 0.3) is 5.91 Å². The number of fused-ring (bicyclic) bond motifs is 4. The van der Waals surface area contributed by atoms with Gasteiger partial charge < -0.3 is 24.6 Å². The number of amides is 2. The molecule has 5 aliphatic rings. The minimum Gasteiger partial charge on any atom is -0.457 e. The van der Waals surface area contributed by atoms with Crippen LogP contribution in [0.25, 0.3) is 0 Å². The zero-order chi connectivity index (χ0) is 39.4. The van der Waals surface area contributed by atoms with E-state index in [0.29, 0.717) is 24.8 Å². The van der Waals surface area contributed by atoms with E-state index in [-0.39, 0.29) is 37.1 Å². The Hall–Kier alpha value is -3.94. The van der Waals surface area contributed by atoms with Crippen molar-refractivity contribution in [3.63, 3.8) is 0 Å². The molecule has 1 saturated heterocycles. The fourth-order valence-electron chi connectivity index (χ4n) is 10.1. The molecule has 2 amide bonds. The van der Waals surface area contributed by atoms with Crippen LogP contribution in [0.4, 0.5) is 9.18 Å². The van der Waals surface area contributed by atoms with Gasteiger partial charge in [0, 0.05) is 29.2 Å². The smallest absolute Gasteiger partial charge is 0.408 e. The number of ketones is 2. The molecule has 0 aromatic heterocycles. The molecule has 4 aliphatic carbocycles. The summed E-state index contributed by atoms with van der Waals surface area (Å²) >= 11 is 0. The quantitative estimate of drug-likeness (QED) is 0.190. The predicted octanol–water partition coefficient (Wildman–Crippen LogP) is 4.25. The molecule has 1 aromatic rings. The van der Waals surface area contributed by atoms with Crippen LogP contribution in [0.5, 0.6) is 0 Å². The van der Waals surface area contributed by atoms with Gasteiger partial charge in [-0.3, -0.25) is 24.6 Å². The maximum absolute atomic E-state index is 17.6. The third-order valence-corrected chi connectivity index (χ3v) is 13.1. The number of Topliss-reactive ketones (excluding diaryl/α,β-unsaturated/α-hetero) is 1. The zero-order valence-electron chi connectivity index (χ0n) is 32.2. The molecular formula is C41H54FN3O9. The minimum atomic E-state index is -2.02. The maximum atomic E-state index is 17.6. The third kappa shape index (κ3) is 6.49. The lowest BCUT2D eigenvalue weighted by Crippen LogP contribution is -2.76. The van der Waals surface area contributed by atoms with Crippen molar-refractivity contribution >= 4 is 29.5 Å². The maximum Gasteiger partial charge on any atom is 0.408 e. The second-order valence-corrected chi connectivity index (χ2v) is 17.3. The summed E-state index contributed by atoms with van der Waals surface area (Å²) in [6.45, 7) is 11.7. The van der Waals surface area contributed by atoms with Gasteiger partial charge >= 0.3 is 12.1 Å². The lowest BCUT2D eigenvalue weighted by Gasteiger charge is -2.67. The first kappa shape index (κ1) is 39.7. The van der Waals surface area contributed by atoms with Crippen LogP contribution in [0.1, 0.15) is 79.7 Å². The number of hydrogen-bond donors (Lipinski definition) is 4. The molecule has 3 saturated carbocycles. The van der Waals surface area contributed by atoms with Gasteiger partial charge in [-0.05, 0) is 89.9 Å².